The lowest BCUT2D eigenvalue weighted by Gasteiger charge is -2.38. The van der Waals surface area contributed by atoms with Gasteiger partial charge in [-0.05, 0) is 51.0 Å². The van der Waals surface area contributed by atoms with Crippen molar-refractivity contribution < 1.29 is 36.6 Å². The lowest BCUT2D eigenvalue weighted by molar-refractivity contribution is -0.141. The normalized spacial score (nSPS) is 20.9. The van der Waals surface area contributed by atoms with Crippen molar-refractivity contribution >= 4 is 11.9 Å². The van der Waals surface area contributed by atoms with E-state index in [4.69, 9.17) is 14.2 Å². The number of pyridine rings is 1. The number of rotatable bonds is 5. The Bertz CT molecular complexity index is 1620. The number of carbonyl (C=O) groups is 1. The molecule has 14 heteroatoms. The molecule has 3 aliphatic rings. The number of alkyl halides is 3. The summed E-state index contributed by atoms with van der Waals surface area (Å²) in [6.07, 6.45) is -3.40. The van der Waals surface area contributed by atoms with Crippen LogP contribution in [0.15, 0.2) is 47.4 Å². The average Bonchev–Trinajstić information content (AvgIpc) is 3.54. The highest BCUT2D eigenvalue weighted by Gasteiger charge is 2.60. The van der Waals surface area contributed by atoms with E-state index in [1.807, 2.05) is 20.8 Å². The largest absolute Gasteiger partial charge is 0.473 e. The molecular weight excluding hydrogens is 562 g/mol. The first-order valence-corrected chi connectivity index (χ1v) is 13.2. The second kappa shape index (κ2) is 9.60. The van der Waals surface area contributed by atoms with E-state index in [1.54, 1.807) is 15.5 Å². The van der Waals surface area contributed by atoms with E-state index in [1.165, 1.54) is 18.2 Å². The van der Waals surface area contributed by atoms with Crippen molar-refractivity contribution in [1.29, 1.82) is 0 Å². The molecule has 222 valence electrons. The van der Waals surface area contributed by atoms with E-state index in [0.717, 1.165) is 12.3 Å². The fourth-order valence-electron chi connectivity index (χ4n) is 5.74. The molecule has 1 amide bonds. The first-order valence-electron chi connectivity index (χ1n) is 13.2. The van der Waals surface area contributed by atoms with Crippen molar-refractivity contribution in [3.63, 3.8) is 0 Å². The van der Waals surface area contributed by atoms with E-state index >= 15 is 0 Å². The molecule has 2 saturated heterocycles. The summed E-state index contributed by atoms with van der Waals surface area (Å²) in [6, 6.07) is 7.37. The summed E-state index contributed by atoms with van der Waals surface area (Å²) in [6.45, 7) is 6.68. The van der Waals surface area contributed by atoms with Crippen molar-refractivity contribution in [2.24, 2.45) is 0 Å². The van der Waals surface area contributed by atoms with Gasteiger partial charge in [0.1, 0.15) is 29.5 Å². The minimum Gasteiger partial charge on any atom is -0.473 e. The highest BCUT2D eigenvalue weighted by molar-refractivity contribution is 5.71. The Morgan fingerprint density at radius 2 is 1.90 bits per heavy atom. The smallest absolute Gasteiger partial charge is 0.433 e. The van der Waals surface area contributed by atoms with Crippen LogP contribution in [0.1, 0.15) is 38.4 Å². The first-order chi connectivity index (χ1) is 19.7. The number of nitrogens with zero attached hydrogens (tertiary/aromatic N) is 5. The number of aromatic nitrogens is 3. The topological polar surface area (TPSA) is 99.0 Å². The molecule has 0 unspecified atom stereocenters. The number of piperazine rings is 1. The molecule has 2 bridgehead atoms. The van der Waals surface area contributed by atoms with Crippen molar-refractivity contribution in [3.8, 4) is 17.4 Å². The number of likely N-dealkylation sites (tertiary alicyclic amines) is 1. The molecule has 3 aliphatic heterocycles. The maximum absolute atomic E-state index is 14.7. The van der Waals surface area contributed by atoms with Crippen LogP contribution in [0.5, 0.6) is 17.4 Å². The molecule has 10 nitrogen and oxygen atoms in total. The molecule has 5 heterocycles. The lowest BCUT2D eigenvalue weighted by atomic mass is 10.0. The molecule has 0 aliphatic carbocycles. The zero-order chi connectivity index (χ0) is 30.0. The van der Waals surface area contributed by atoms with Crippen LogP contribution < -0.4 is 20.1 Å². The number of hydrogen-bond acceptors (Lipinski definition) is 8. The Morgan fingerprint density at radius 1 is 1.12 bits per heavy atom. The van der Waals surface area contributed by atoms with Gasteiger partial charge in [0, 0.05) is 31.4 Å². The van der Waals surface area contributed by atoms with Crippen molar-refractivity contribution in [1.82, 2.24) is 19.4 Å². The average molecular weight is 590 g/mol. The van der Waals surface area contributed by atoms with Gasteiger partial charge in [0.25, 0.3) is 0 Å². The Morgan fingerprint density at radius 3 is 2.62 bits per heavy atom. The fourth-order valence-corrected chi connectivity index (χ4v) is 5.74. The van der Waals surface area contributed by atoms with Crippen LogP contribution in [0.25, 0.3) is 0 Å². The fraction of sp³-hybridized carbons (Fsp3) is 0.429. The third kappa shape index (κ3) is 5.09. The molecular formula is C28H27F4N5O5. The van der Waals surface area contributed by atoms with E-state index in [2.05, 4.69) is 14.9 Å². The maximum Gasteiger partial charge on any atom is 0.433 e. The van der Waals surface area contributed by atoms with E-state index in [0.29, 0.717) is 43.5 Å². The van der Waals surface area contributed by atoms with Crippen LogP contribution in [0.4, 0.5) is 28.2 Å². The van der Waals surface area contributed by atoms with Gasteiger partial charge < -0.3 is 24.0 Å². The minimum absolute atomic E-state index is 0.0443. The Labute approximate surface area is 237 Å². The number of ether oxygens (including phenoxy) is 3. The first kappa shape index (κ1) is 27.8. The zero-order valence-electron chi connectivity index (χ0n) is 22.9. The van der Waals surface area contributed by atoms with Gasteiger partial charge in [0.05, 0.1) is 18.1 Å². The van der Waals surface area contributed by atoms with Gasteiger partial charge in [-0.1, -0.05) is 6.07 Å². The third-order valence-electron chi connectivity index (χ3n) is 7.44. The van der Waals surface area contributed by atoms with Gasteiger partial charge in [-0.2, -0.15) is 18.2 Å². The summed E-state index contributed by atoms with van der Waals surface area (Å²) in [5.74, 6) is -0.602. The van der Waals surface area contributed by atoms with Gasteiger partial charge in [-0.3, -0.25) is 9.55 Å². The highest BCUT2D eigenvalue weighted by atomic mass is 19.4. The van der Waals surface area contributed by atoms with E-state index in [-0.39, 0.29) is 36.1 Å². The van der Waals surface area contributed by atoms with Gasteiger partial charge >= 0.3 is 18.0 Å². The second-order valence-corrected chi connectivity index (χ2v) is 11.7. The number of amides is 1. The number of halogens is 4. The van der Waals surface area contributed by atoms with Crippen LogP contribution in [0, 0.1) is 5.82 Å². The monoisotopic (exact) mass is 589 g/mol. The van der Waals surface area contributed by atoms with Crippen molar-refractivity contribution in [2.75, 3.05) is 18.0 Å². The predicted octanol–water partition coefficient (Wildman–Crippen LogP) is 4.75. The predicted molar refractivity (Wildman–Crippen MR) is 140 cm³/mol. The van der Waals surface area contributed by atoms with Gasteiger partial charge in [0.2, 0.25) is 5.88 Å². The second-order valence-electron chi connectivity index (χ2n) is 11.7. The van der Waals surface area contributed by atoms with Crippen LogP contribution in [-0.2, 0) is 24.1 Å². The van der Waals surface area contributed by atoms with Gasteiger partial charge in [0.15, 0.2) is 11.6 Å². The highest BCUT2D eigenvalue weighted by Crippen LogP contribution is 2.48. The summed E-state index contributed by atoms with van der Waals surface area (Å²) >= 11 is 0. The molecule has 2 fully saturated rings. The maximum atomic E-state index is 14.7. The molecule has 42 heavy (non-hydrogen) atoms. The Balaban J connectivity index is 1.13. The Hall–Kier alpha value is -4.36. The molecule has 0 saturated carbocycles. The number of hydrogen-bond donors (Lipinski definition) is 0. The van der Waals surface area contributed by atoms with Crippen LogP contribution >= 0.6 is 0 Å². The van der Waals surface area contributed by atoms with Crippen LogP contribution in [-0.4, -0.2) is 55.8 Å². The zero-order valence-corrected chi connectivity index (χ0v) is 22.9. The number of fused-ring (bicyclic) bond motifs is 3. The minimum atomic E-state index is -4.66. The number of anilines is 1. The van der Waals surface area contributed by atoms with Gasteiger partial charge in [-0.25, -0.2) is 14.0 Å². The summed E-state index contributed by atoms with van der Waals surface area (Å²) in [7, 11) is 0. The summed E-state index contributed by atoms with van der Waals surface area (Å²) in [5.41, 5.74) is -2.31. The van der Waals surface area contributed by atoms with Crippen molar-refractivity contribution in [3.05, 3.63) is 70.2 Å². The van der Waals surface area contributed by atoms with Gasteiger partial charge in [-0.15, -0.1) is 0 Å². The summed E-state index contributed by atoms with van der Waals surface area (Å²) in [5, 5.41) is 0. The molecule has 6 rings (SSSR count). The van der Waals surface area contributed by atoms with E-state index in [9.17, 15) is 27.2 Å². The third-order valence-corrected chi connectivity index (χ3v) is 7.44. The van der Waals surface area contributed by atoms with Crippen molar-refractivity contribution in [2.45, 2.75) is 63.7 Å². The molecule has 0 radical (unpaired) electrons. The number of carbonyl (C=O) groups excluding carboxylic acids is 1. The summed E-state index contributed by atoms with van der Waals surface area (Å²) < 4.78 is 71.6. The molecule has 1 spiro atoms. The molecule has 1 aromatic carbocycles. The quantitative estimate of drug-likeness (QED) is 0.394. The standard InChI is InChI=1S/C28H27F4N5O5/c1-26(2,3)42-25(39)35-14-27-11-17(35)12-37(27)23-10-22(34-24(38)36(23)15-27)40-13-16-4-5-20(19(29)8-16)41-18-6-7-33-21(9-18)28(30,31)32/h4-10,17H,11-15H2,1-3H3/t17-,27-/m0/s1. The van der Waals surface area contributed by atoms with E-state index < -0.39 is 34.5 Å². The SMILES string of the molecule is CC(C)(C)OC(=O)N1C[C@]23C[C@H]1CN2c1cc(OCc2ccc(Oc4ccnc(C(F)(F)F)c4)c(F)c2)nc(=O)n1C3. The Kier molecular flexibility index (Phi) is 6.35. The lowest BCUT2D eigenvalue weighted by Crippen LogP contribution is -2.55. The molecule has 2 aromatic heterocycles. The number of benzene rings is 1. The van der Waals surface area contributed by atoms with Crippen LogP contribution in [0.2, 0.25) is 0 Å². The molecule has 0 N–H and O–H groups in total. The molecule has 2 atom stereocenters. The molecule has 3 aromatic rings. The van der Waals surface area contributed by atoms with Crippen LogP contribution in [0.3, 0.4) is 0 Å². The summed E-state index contributed by atoms with van der Waals surface area (Å²) in [4.78, 5) is 36.8.